The third-order valence-electron chi connectivity index (χ3n) is 1.85. The number of anilines is 1. The Morgan fingerprint density at radius 3 is 3.00 bits per heavy atom. The zero-order valence-electron chi connectivity index (χ0n) is 8.19. The van der Waals surface area contributed by atoms with Gasteiger partial charge in [0.05, 0.1) is 18.0 Å². The van der Waals surface area contributed by atoms with Crippen LogP contribution in [-0.2, 0) is 11.8 Å². The van der Waals surface area contributed by atoms with Gasteiger partial charge in [-0.05, 0) is 6.42 Å². The van der Waals surface area contributed by atoms with E-state index in [1.807, 2.05) is 6.07 Å². The molecule has 74 valence electrons. The number of rotatable bonds is 3. The fourth-order valence-electron chi connectivity index (χ4n) is 1.05. The zero-order chi connectivity index (χ0) is 10.6. The van der Waals surface area contributed by atoms with E-state index in [9.17, 15) is 4.79 Å². The molecule has 0 bridgehead atoms. The Morgan fingerprint density at radius 2 is 2.57 bits per heavy atom. The molecule has 0 aliphatic carbocycles. The van der Waals surface area contributed by atoms with Crippen molar-refractivity contribution < 1.29 is 4.79 Å². The van der Waals surface area contributed by atoms with Crippen LogP contribution in [0.15, 0.2) is 12.4 Å². The van der Waals surface area contributed by atoms with Crippen LogP contribution < -0.4 is 5.32 Å². The summed E-state index contributed by atoms with van der Waals surface area (Å²) < 4.78 is 1.59. The Bertz CT molecular complexity index is 363. The number of hydrogen-bond acceptors (Lipinski definition) is 3. The molecule has 1 aromatic heterocycles. The Morgan fingerprint density at radius 1 is 1.86 bits per heavy atom. The molecule has 0 spiro atoms. The van der Waals surface area contributed by atoms with Crippen LogP contribution in [0.4, 0.5) is 5.69 Å². The van der Waals surface area contributed by atoms with Gasteiger partial charge < -0.3 is 5.32 Å². The average Bonchev–Trinajstić information content (AvgIpc) is 2.53. The van der Waals surface area contributed by atoms with Crippen molar-refractivity contribution in [3.8, 4) is 6.07 Å². The van der Waals surface area contributed by atoms with Crippen LogP contribution in [-0.4, -0.2) is 15.7 Å². The van der Waals surface area contributed by atoms with Crippen molar-refractivity contribution in [2.24, 2.45) is 13.0 Å². The highest BCUT2D eigenvalue weighted by Crippen LogP contribution is 2.08. The van der Waals surface area contributed by atoms with Gasteiger partial charge in [0.15, 0.2) is 0 Å². The summed E-state index contributed by atoms with van der Waals surface area (Å²) in [5, 5.41) is 15.2. The second-order valence-corrected chi connectivity index (χ2v) is 2.98. The minimum Gasteiger partial charge on any atom is -0.322 e. The van der Waals surface area contributed by atoms with Gasteiger partial charge in [-0.25, -0.2) is 0 Å². The molecular formula is C9H12N4O. The molecule has 1 aromatic rings. The number of nitrogens with one attached hydrogen (secondary N) is 1. The molecule has 1 rings (SSSR count). The monoisotopic (exact) mass is 192 g/mol. The molecule has 0 aliphatic heterocycles. The molecule has 1 unspecified atom stereocenters. The largest absolute Gasteiger partial charge is 0.322 e. The summed E-state index contributed by atoms with van der Waals surface area (Å²) in [6, 6.07) is 1.94. The smallest absolute Gasteiger partial charge is 0.241 e. The van der Waals surface area contributed by atoms with Crippen molar-refractivity contribution in [2.45, 2.75) is 13.3 Å². The molecule has 1 N–H and O–H groups in total. The fraction of sp³-hybridized carbons (Fsp3) is 0.444. The van der Waals surface area contributed by atoms with Gasteiger partial charge in [-0.1, -0.05) is 6.92 Å². The van der Waals surface area contributed by atoms with E-state index in [1.54, 1.807) is 31.0 Å². The Balaban J connectivity index is 2.62. The van der Waals surface area contributed by atoms with Crippen LogP contribution in [0.2, 0.25) is 0 Å². The molecular weight excluding hydrogens is 180 g/mol. The lowest BCUT2D eigenvalue weighted by atomic mass is 10.1. The maximum atomic E-state index is 11.4. The summed E-state index contributed by atoms with van der Waals surface area (Å²) in [5.74, 6) is -0.863. The second kappa shape index (κ2) is 4.42. The lowest BCUT2D eigenvalue weighted by Crippen LogP contribution is -2.20. The zero-order valence-corrected chi connectivity index (χ0v) is 8.19. The minimum absolute atomic E-state index is 0.275. The van der Waals surface area contributed by atoms with Crippen LogP contribution in [0.25, 0.3) is 0 Å². The molecule has 0 radical (unpaired) electrons. The maximum Gasteiger partial charge on any atom is 0.241 e. The van der Waals surface area contributed by atoms with E-state index in [0.717, 1.165) is 0 Å². The summed E-state index contributed by atoms with van der Waals surface area (Å²) in [5.41, 5.74) is 0.617. The first-order valence-corrected chi connectivity index (χ1v) is 4.36. The first-order chi connectivity index (χ1) is 6.67. The number of aromatic nitrogens is 2. The second-order valence-electron chi connectivity index (χ2n) is 2.98. The third kappa shape index (κ3) is 2.33. The first-order valence-electron chi connectivity index (χ1n) is 4.36. The number of nitrogens with zero attached hydrogens (tertiary/aromatic N) is 3. The van der Waals surface area contributed by atoms with Gasteiger partial charge in [-0.15, -0.1) is 0 Å². The molecule has 0 fully saturated rings. The van der Waals surface area contributed by atoms with Crippen molar-refractivity contribution in [3.05, 3.63) is 12.4 Å². The summed E-state index contributed by atoms with van der Waals surface area (Å²) in [6.45, 7) is 1.80. The predicted molar refractivity (Wildman–Crippen MR) is 51.2 cm³/mol. The van der Waals surface area contributed by atoms with Gasteiger partial charge in [0, 0.05) is 13.2 Å². The molecule has 0 aromatic carbocycles. The van der Waals surface area contributed by atoms with E-state index < -0.39 is 5.92 Å². The normalized spacial score (nSPS) is 11.8. The lowest BCUT2D eigenvalue weighted by molar-refractivity contribution is -0.118. The minimum atomic E-state index is -0.588. The quantitative estimate of drug-likeness (QED) is 0.773. The molecule has 5 heteroatoms. The van der Waals surface area contributed by atoms with Crippen molar-refractivity contribution in [3.63, 3.8) is 0 Å². The summed E-state index contributed by atoms with van der Waals surface area (Å²) in [4.78, 5) is 11.4. The van der Waals surface area contributed by atoms with Crippen LogP contribution in [0.3, 0.4) is 0 Å². The molecule has 1 atom stereocenters. The molecule has 0 aliphatic rings. The van der Waals surface area contributed by atoms with Crippen molar-refractivity contribution in [1.29, 1.82) is 5.26 Å². The van der Waals surface area contributed by atoms with Gasteiger partial charge in [-0.2, -0.15) is 10.4 Å². The van der Waals surface area contributed by atoms with Crippen molar-refractivity contribution in [1.82, 2.24) is 9.78 Å². The highest BCUT2D eigenvalue weighted by Gasteiger charge is 2.15. The number of nitriles is 1. The Labute approximate surface area is 82.3 Å². The highest BCUT2D eigenvalue weighted by atomic mass is 16.1. The van der Waals surface area contributed by atoms with Gasteiger partial charge >= 0.3 is 0 Å². The first kappa shape index (κ1) is 10.3. The lowest BCUT2D eigenvalue weighted by Gasteiger charge is -2.04. The number of carbonyl (C=O) groups excluding carboxylic acids is 1. The van der Waals surface area contributed by atoms with Gasteiger partial charge in [0.25, 0.3) is 0 Å². The molecule has 5 nitrogen and oxygen atoms in total. The van der Waals surface area contributed by atoms with Crippen molar-refractivity contribution >= 4 is 11.6 Å². The summed E-state index contributed by atoms with van der Waals surface area (Å²) in [6.07, 6.45) is 3.74. The third-order valence-corrected chi connectivity index (χ3v) is 1.85. The van der Waals surface area contributed by atoms with Gasteiger partial charge in [-0.3, -0.25) is 9.48 Å². The molecule has 0 saturated heterocycles. The number of amides is 1. The number of hydrogen-bond donors (Lipinski definition) is 1. The van der Waals surface area contributed by atoms with Crippen LogP contribution in [0, 0.1) is 17.2 Å². The number of aryl methyl sites for hydroxylation is 1. The van der Waals surface area contributed by atoms with E-state index in [2.05, 4.69) is 10.4 Å². The average molecular weight is 192 g/mol. The van der Waals surface area contributed by atoms with E-state index in [-0.39, 0.29) is 5.91 Å². The van der Waals surface area contributed by atoms with Crippen LogP contribution in [0.1, 0.15) is 13.3 Å². The van der Waals surface area contributed by atoms with E-state index in [0.29, 0.717) is 12.1 Å². The summed E-state index contributed by atoms with van der Waals surface area (Å²) in [7, 11) is 1.76. The Hall–Kier alpha value is -1.83. The van der Waals surface area contributed by atoms with Crippen molar-refractivity contribution in [2.75, 3.05) is 5.32 Å². The predicted octanol–water partition coefficient (Wildman–Crippen LogP) is 0.908. The Kier molecular flexibility index (Phi) is 3.24. The van der Waals surface area contributed by atoms with Gasteiger partial charge in [0.2, 0.25) is 5.91 Å². The number of carbonyl (C=O) groups is 1. The van der Waals surface area contributed by atoms with Crippen LogP contribution in [0.5, 0.6) is 0 Å². The van der Waals surface area contributed by atoms with Crippen LogP contribution >= 0.6 is 0 Å². The van der Waals surface area contributed by atoms with E-state index >= 15 is 0 Å². The fourth-order valence-corrected chi connectivity index (χ4v) is 1.05. The topological polar surface area (TPSA) is 70.7 Å². The molecule has 1 amide bonds. The van der Waals surface area contributed by atoms with E-state index in [1.165, 1.54) is 0 Å². The van der Waals surface area contributed by atoms with E-state index in [4.69, 9.17) is 5.26 Å². The molecule has 14 heavy (non-hydrogen) atoms. The molecule has 0 saturated carbocycles. The van der Waals surface area contributed by atoms with Gasteiger partial charge in [0.1, 0.15) is 5.92 Å². The standard InChI is InChI=1S/C9H12N4O/c1-3-7(4-10)9(14)12-8-5-11-13(2)6-8/h5-7H,3H2,1-2H3,(H,12,14). The SMILES string of the molecule is CCC(C#N)C(=O)Nc1cnn(C)c1. The molecule has 1 heterocycles. The highest BCUT2D eigenvalue weighted by molar-refractivity contribution is 5.93. The maximum absolute atomic E-state index is 11.4. The summed E-state index contributed by atoms with van der Waals surface area (Å²) >= 11 is 0.